The van der Waals surface area contributed by atoms with E-state index in [1.807, 2.05) is 7.05 Å². The molecule has 2 heterocycles. The maximum Gasteiger partial charge on any atom is 0.137 e. The molecule has 2 aromatic heterocycles. The van der Waals surface area contributed by atoms with Crippen molar-refractivity contribution >= 4 is 5.69 Å². The quantitative estimate of drug-likeness (QED) is 0.534. The van der Waals surface area contributed by atoms with E-state index in [-0.39, 0.29) is 5.82 Å². The predicted molar refractivity (Wildman–Crippen MR) is 126 cm³/mol. The molecule has 5 heteroatoms. The van der Waals surface area contributed by atoms with Crippen molar-refractivity contribution in [2.24, 2.45) is 0 Å². The fraction of sp³-hybridized carbons (Fsp3) is 0.423. The Bertz CT molecular complexity index is 1030. The average molecular weight is 421 g/mol. The minimum absolute atomic E-state index is 0.175. The first kappa shape index (κ1) is 21.6. The number of nitrogens with one attached hydrogen (secondary N) is 1. The van der Waals surface area contributed by atoms with Gasteiger partial charge in [-0.3, -0.25) is 0 Å². The third kappa shape index (κ3) is 5.53. The lowest BCUT2D eigenvalue weighted by Crippen LogP contribution is -2.30. The van der Waals surface area contributed by atoms with Crippen LogP contribution in [0.3, 0.4) is 0 Å². The van der Waals surface area contributed by atoms with Gasteiger partial charge in [-0.05, 0) is 100 Å². The van der Waals surface area contributed by atoms with Crippen LogP contribution in [0.25, 0.3) is 5.82 Å². The number of hydrogen-bond donors (Lipinski definition) is 1. The molecule has 0 aliphatic heterocycles. The largest absolute Gasteiger partial charge is 0.373 e. The van der Waals surface area contributed by atoms with Crippen molar-refractivity contribution in [2.75, 3.05) is 25.0 Å². The minimum atomic E-state index is -0.175. The van der Waals surface area contributed by atoms with Gasteiger partial charge in [-0.1, -0.05) is 0 Å². The third-order valence-corrected chi connectivity index (χ3v) is 6.02. The molecule has 1 aliphatic carbocycles. The second-order valence-electron chi connectivity index (χ2n) is 8.91. The molecule has 4 rings (SSSR count). The van der Waals surface area contributed by atoms with Crippen LogP contribution >= 0.6 is 0 Å². The Morgan fingerprint density at radius 1 is 1.03 bits per heavy atom. The summed E-state index contributed by atoms with van der Waals surface area (Å²) >= 11 is 0. The molecular formula is C26H33FN4. The molecule has 164 valence electrons. The molecule has 0 atom stereocenters. The van der Waals surface area contributed by atoms with Crippen LogP contribution in [0.15, 0.2) is 42.5 Å². The Morgan fingerprint density at radius 2 is 1.77 bits per heavy atom. The lowest BCUT2D eigenvalue weighted by molar-refractivity contribution is 0.623. The van der Waals surface area contributed by atoms with Crippen molar-refractivity contribution in [2.45, 2.75) is 52.5 Å². The summed E-state index contributed by atoms with van der Waals surface area (Å²) in [5.74, 6) is 0.781. The topological polar surface area (TPSA) is 33.1 Å². The molecule has 4 nitrogen and oxygen atoms in total. The summed E-state index contributed by atoms with van der Waals surface area (Å²) in [7, 11) is 2.03. The zero-order valence-corrected chi connectivity index (χ0v) is 19.1. The number of hydrogen-bond acceptors (Lipinski definition) is 3. The summed E-state index contributed by atoms with van der Waals surface area (Å²) < 4.78 is 16.5. The van der Waals surface area contributed by atoms with Crippen LogP contribution in [0.4, 0.5) is 10.1 Å². The molecule has 0 bridgehead atoms. The van der Waals surface area contributed by atoms with Crippen LogP contribution in [-0.4, -0.2) is 35.7 Å². The maximum atomic E-state index is 14.3. The molecule has 0 unspecified atom stereocenters. The number of aryl methyl sites for hydroxylation is 5. The van der Waals surface area contributed by atoms with E-state index in [0.29, 0.717) is 6.04 Å². The fourth-order valence-corrected chi connectivity index (χ4v) is 4.12. The zero-order chi connectivity index (χ0) is 22.0. The summed E-state index contributed by atoms with van der Waals surface area (Å²) in [4.78, 5) is 7.03. The van der Waals surface area contributed by atoms with Gasteiger partial charge in [-0.25, -0.2) is 9.37 Å². The smallest absolute Gasteiger partial charge is 0.137 e. The highest BCUT2D eigenvalue weighted by molar-refractivity contribution is 5.48. The second kappa shape index (κ2) is 9.23. The second-order valence-corrected chi connectivity index (χ2v) is 8.91. The minimum Gasteiger partial charge on any atom is -0.373 e. The maximum absolute atomic E-state index is 14.3. The van der Waals surface area contributed by atoms with E-state index in [2.05, 4.69) is 65.9 Å². The van der Waals surface area contributed by atoms with Crippen molar-refractivity contribution in [1.29, 1.82) is 0 Å². The highest BCUT2D eigenvalue weighted by Gasteiger charge is 2.20. The summed E-state index contributed by atoms with van der Waals surface area (Å²) in [6.45, 7) is 8.11. The van der Waals surface area contributed by atoms with Crippen LogP contribution in [0.1, 0.15) is 41.1 Å². The predicted octanol–water partition coefficient (Wildman–Crippen LogP) is 4.91. The van der Waals surface area contributed by atoms with E-state index >= 15 is 0 Å². The molecule has 0 radical (unpaired) electrons. The fourth-order valence-electron chi connectivity index (χ4n) is 4.12. The Balaban J connectivity index is 1.45. The molecule has 31 heavy (non-hydrogen) atoms. The summed E-state index contributed by atoms with van der Waals surface area (Å²) in [5.41, 5.74) is 6.52. The lowest BCUT2D eigenvalue weighted by Gasteiger charge is -2.20. The average Bonchev–Trinajstić information content (AvgIpc) is 3.48. The Kier molecular flexibility index (Phi) is 6.42. The van der Waals surface area contributed by atoms with E-state index in [0.717, 1.165) is 48.7 Å². The number of aromatic nitrogens is 2. The summed E-state index contributed by atoms with van der Waals surface area (Å²) in [6, 6.07) is 14.6. The number of pyridine rings is 1. The van der Waals surface area contributed by atoms with Gasteiger partial charge in [0, 0.05) is 48.9 Å². The molecule has 1 aliphatic rings. The van der Waals surface area contributed by atoms with Crippen LogP contribution in [0, 0.1) is 26.6 Å². The third-order valence-electron chi connectivity index (χ3n) is 6.02. The summed E-state index contributed by atoms with van der Waals surface area (Å²) in [5, 5.41) is 3.52. The Labute approximate surface area is 185 Å². The molecule has 1 fully saturated rings. The molecular weight excluding hydrogens is 387 g/mol. The first-order valence-corrected chi connectivity index (χ1v) is 11.3. The van der Waals surface area contributed by atoms with Crippen molar-refractivity contribution in [3.63, 3.8) is 0 Å². The van der Waals surface area contributed by atoms with Gasteiger partial charge in [0.1, 0.15) is 11.6 Å². The molecule has 3 aromatic rings. The van der Waals surface area contributed by atoms with Gasteiger partial charge in [0.15, 0.2) is 0 Å². The normalized spacial score (nSPS) is 13.6. The first-order valence-electron chi connectivity index (χ1n) is 11.3. The van der Waals surface area contributed by atoms with E-state index < -0.39 is 0 Å². The van der Waals surface area contributed by atoms with Crippen molar-refractivity contribution in [3.8, 4) is 5.82 Å². The Morgan fingerprint density at radius 3 is 2.48 bits per heavy atom. The van der Waals surface area contributed by atoms with Gasteiger partial charge >= 0.3 is 0 Å². The van der Waals surface area contributed by atoms with Crippen molar-refractivity contribution in [3.05, 3.63) is 76.5 Å². The Hall–Kier alpha value is -2.66. The van der Waals surface area contributed by atoms with Crippen molar-refractivity contribution in [1.82, 2.24) is 14.9 Å². The van der Waals surface area contributed by atoms with Gasteiger partial charge in [-0.15, -0.1) is 0 Å². The first-order chi connectivity index (χ1) is 14.9. The standard InChI is InChI=1S/C26H33FN4/c1-18-13-24(29-26(14-18)31-19(2)5-6-20(31)3)8-7-21-15-22(27)17-25(16-21)30(4)12-11-28-23-9-10-23/h5-6,13-17,23,28H,7-12H2,1-4H3. The van der Waals surface area contributed by atoms with Gasteiger partial charge in [0.25, 0.3) is 0 Å². The van der Waals surface area contributed by atoms with E-state index in [4.69, 9.17) is 4.98 Å². The summed E-state index contributed by atoms with van der Waals surface area (Å²) in [6.07, 6.45) is 4.11. The number of rotatable bonds is 9. The SMILES string of the molecule is Cc1cc(CCc2cc(F)cc(N(C)CCNC3CC3)c2)nc(-n2c(C)ccc2C)c1. The van der Waals surface area contributed by atoms with E-state index in [1.54, 1.807) is 12.1 Å². The molecule has 0 amide bonds. The number of halogens is 1. The van der Waals surface area contributed by atoms with E-state index in [9.17, 15) is 4.39 Å². The van der Waals surface area contributed by atoms with Gasteiger partial charge in [0.2, 0.25) is 0 Å². The highest BCUT2D eigenvalue weighted by atomic mass is 19.1. The number of anilines is 1. The van der Waals surface area contributed by atoms with Gasteiger partial charge < -0.3 is 14.8 Å². The van der Waals surface area contributed by atoms with Crippen molar-refractivity contribution < 1.29 is 4.39 Å². The van der Waals surface area contributed by atoms with Crippen LogP contribution in [0.5, 0.6) is 0 Å². The monoisotopic (exact) mass is 420 g/mol. The number of nitrogens with zero attached hydrogens (tertiary/aromatic N) is 3. The van der Waals surface area contributed by atoms with E-state index in [1.165, 1.54) is 29.8 Å². The molecule has 1 aromatic carbocycles. The highest BCUT2D eigenvalue weighted by Crippen LogP contribution is 2.21. The molecule has 0 saturated heterocycles. The zero-order valence-electron chi connectivity index (χ0n) is 19.1. The molecule has 0 spiro atoms. The number of likely N-dealkylation sites (N-methyl/N-ethyl adjacent to an activating group) is 1. The molecule has 1 saturated carbocycles. The molecule has 1 N–H and O–H groups in total. The van der Waals surface area contributed by atoms with Gasteiger partial charge in [0.05, 0.1) is 0 Å². The van der Waals surface area contributed by atoms with Crippen LogP contribution < -0.4 is 10.2 Å². The van der Waals surface area contributed by atoms with Gasteiger partial charge in [-0.2, -0.15) is 0 Å². The van der Waals surface area contributed by atoms with Crippen LogP contribution in [0.2, 0.25) is 0 Å². The lowest BCUT2D eigenvalue weighted by atomic mass is 10.1. The number of benzene rings is 1. The van der Waals surface area contributed by atoms with Crippen LogP contribution in [-0.2, 0) is 12.8 Å².